The molecule has 0 amide bonds. The first-order valence-corrected chi connectivity index (χ1v) is 13.2. The lowest BCUT2D eigenvalue weighted by atomic mass is 9.48. The molecule has 3 aliphatic rings. The van der Waals surface area contributed by atoms with E-state index in [1.54, 1.807) is 0 Å². The fourth-order valence-corrected chi connectivity index (χ4v) is 6.20. The van der Waals surface area contributed by atoms with E-state index < -0.39 is 27.7 Å². The maximum absolute atomic E-state index is 12.9. The fourth-order valence-electron chi connectivity index (χ4n) is 5.01. The van der Waals surface area contributed by atoms with Crippen molar-refractivity contribution < 1.29 is 31.5 Å². The molecule has 1 fully saturated rings. The number of aliphatic carboxylic acids is 1. The third-order valence-corrected chi connectivity index (χ3v) is 8.49. The number of rotatable bonds is 11. The normalized spacial score (nSPS) is 22.0. The van der Waals surface area contributed by atoms with Crippen LogP contribution in [0.1, 0.15) is 63.5 Å². The van der Waals surface area contributed by atoms with E-state index >= 15 is 0 Å². The SMILES string of the molecule is CC1(C)C2CC(NS(=O)(=O)CCc3cccc(C(F)(F)F)c3)=C(CC=CCCCC(=O)O)C1C2. The van der Waals surface area contributed by atoms with Crippen molar-refractivity contribution in [3.8, 4) is 0 Å². The minimum Gasteiger partial charge on any atom is -0.481 e. The quantitative estimate of drug-likeness (QED) is 0.303. The molecule has 188 valence electrons. The topological polar surface area (TPSA) is 83.5 Å². The first-order valence-electron chi connectivity index (χ1n) is 11.5. The van der Waals surface area contributed by atoms with Gasteiger partial charge in [-0.15, -0.1) is 0 Å². The molecule has 1 saturated carbocycles. The third-order valence-electron chi connectivity index (χ3n) is 7.19. The average Bonchev–Trinajstić information content (AvgIpc) is 2.74. The number of alkyl halides is 3. The summed E-state index contributed by atoms with van der Waals surface area (Å²) in [6.45, 7) is 4.39. The zero-order chi connectivity index (χ0) is 25.1. The number of benzene rings is 1. The highest BCUT2D eigenvalue weighted by Crippen LogP contribution is 2.61. The molecule has 0 saturated heterocycles. The number of carbonyl (C=O) groups is 1. The predicted octanol–water partition coefficient (Wildman–Crippen LogP) is 5.69. The van der Waals surface area contributed by atoms with Crippen molar-refractivity contribution in [3.63, 3.8) is 0 Å². The van der Waals surface area contributed by atoms with Crippen LogP contribution in [0.5, 0.6) is 0 Å². The molecule has 0 aromatic heterocycles. The molecular formula is C25H32F3NO4S. The number of nitrogens with one attached hydrogen (secondary N) is 1. The second-order valence-corrected chi connectivity index (χ2v) is 11.7. The number of carboxylic acids is 1. The maximum atomic E-state index is 12.9. The molecule has 2 N–H and O–H groups in total. The first kappa shape index (κ1) is 26.3. The van der Waals surface area contributed by atoms with E-state index in [9.17, 15) is 26.4 Å². The van der Waals surface area contributed by atoms with Gasteiger partial charge in [0.15, 0.2) is 0 Å². The van der Waals surface area contributed by atoms with Crippen LogP contribution >= 0.6 is 0 Å². The van der Waals surface area contributed by atoms with Crippen molar-refractivity contribution in [2.45, 2.75) is 65.0 Å². The minimum absolute atomic E-state index is 0.0102. The Hall–Kier alpha value is -2.29. The molecule has 2 atom stereocenters. The third kappa shape index (κ3) is 6.43. The Morgan fingerprint density at radius 3 is 2.65 bits per heavy atom. The molecule has 5 nitrogen and oxygen atoms in total. The molecule has 3 aliphatic carbocycles. The van der Waals surface area contributed by atoms with Gasteiger partial charge in [-0.1, -0.05) is 44.2 Å². The molecule has 4 rings (SSSR count). The predicted molar refractivity (Wildman–Crippen MR) is 124 cm³/mol. The molecule has 0 radical (unpaired) electrons. The van der Waals surface area contributed by atoms with Gasteiger partial charge in [0.1, 0.15) is 0 Å². The van der Waals surface area contributed by atoms with Gasteiger partial charge < -0.3 is 5.11 Å². The maximum Gasteiger partial charge on any atom is 0.416 e. The van der Waals surface area contributed by atoms with Gasteiger partial charge >= 0.3 is 12.1 Å². The molecule has 0 spiro atoms. The highest BCUT2D eigenvalue weighted by Gasteiger charge is 2.53. The summed E-state index contributed by atoms with van der Waals surface area (Å²) in [5.41, 5.74) is 1.40. The standard InChI is InChI=1S/C25H32F3NO4S/c1-24(2)19-15-21(24)20(10-5-3-4-6-11-23(30)31)22(16-19)29-34(32,33)13-12-17-8-7-9-18(14-17)25(26,27)28/h3,5,7-9,14,19,21,29H,4,6,10-13,15-16H2,1-2H3,(H,30,31). The van der Waals surface area contributed by atoms with E-state index in [-0.39, 0.29) is 29.9 Å². The van der Waals surface area contributed by atoms with Gasteiger partial charge in [-0.3, -0.25) is 9.52 Å². The van der Waals surface area contributed by atoms with Gasteiger partial charge in [0.2, 0.25) is 10.0 Å². The number of fused-ring (bicyclic) bond motifs is 1. The molecule has 0 heterocycles. The number of hydrogen-bond acceptors (Lipinski definition) is 3. The summed E-state index contributed by atoms with van der Waals surface area (Å²) in [7, 11) is -3.73. The zero-order valence-electron chi connectivity index (χ0n) is 19.5. The summed E-state index contributed by atoms with van der Waals surface area (Å²) in [6.07, 6.45) is 2.99. The minimum atomic E-state index is -4.47. The second kappa shape index (κ2) is 10.1. The Kier molecular flexibility index (Phi) is 7.85. The number of aryl methyl sites for hydroxylation is 1. The number of allylic oxidation sites excluding steroid dienone is 4. The summed E-state index contributed by atoms with van der Waals surface area (Å²) < 4.78 is 67.2. The number of hydrogen-bond donors (Lipinski definition) is 2. The zero-order valence-corrected chi connectivity index (χ0v) is 20.3. The van der Waals surface area contributed by atoms with Gasteiger partial charge in [-0.25, -0.2) is 8.42 Å². The molecule has 9 heteroatoms. The highest BCUT2D eigenvalue weighted by molar-refractivity contribution is 7.89. The Labute approximate surface area is 199 Å². The van der Waals surface area contributed by atoms with Crippen LogP contribution in [0.15, 0.2) is 47.7 Å². The van der Waals surface area contributed by atoms with Crippen molar-refractivity contribution in [1.29, 1.82) is 0 Å². The van der Waals surface area contributed by atoms with Crippen LogP contribution in [0.4, 0.5) is 13.2 Å². The highest BCUT2D eigenvalue weighted by atomic mass is 32.2. The molecular weight excluding hydrogens is 467 g/mol. The van der Waals surface area contributed by atoms with Crippen LogP contribution in [0.3, 0.4) is 0 Å². The van der Waals surface area contributed by atoms with Crippen LogP contribution in [0.25, 0.3) is 0 Å². The van der Waals surface area contributed by atoms with E-state index in [0.29, 0.717) is 42.9 Å². The van der Waals surface area contributed by atoms with Gasteiger partial charge in [-0.2, -0.15) is 13.2 Å². The van der Waals surface area contributed by atoms with E-state index in [1.807, 2.05) is 12.2 Å². The lowest BCUT2D eigenvalue weighted by molar-refractivity contribution is -0.138. The lowest BCUT2D eigenvalue weighted by Crippen LogP contribution is -2.51. The van der Waals surface area contributed by atoms with Crippen molar-refractivity contribution in [1.82, 2.24) is 4.72 Å². The molecule has 2 bridgehead atoms. The number of halogens is 3. The van der Waals surface area contributed by atoms with Gasteiger partial charge in [-0.05, 0) is 73.0 Å². The van der Waals surface area contributed by atoms with Crippen LogP contribution in [-0.2, 0) is 27.4 Å². The Morgan fingerprint density at radius 1 is 1.26 bits per heavy atom. The molecule has 1 aromatic carbocycles. The Morgan fingerprint density at radius 2 is 2.00 bits per heavy atom. The van der Waals surface area contributed by atoms with Gasteiger partial charge in [0.05, 0.1) is 11.3 Å². The van der Waals surface area contributed by atoms with Gasteiger partial charge in [0, 0.05) is 12.1 Å². The van der Waals surface area contributed by atoms with Crippen LogP contribution in [-0.4, -0.2) is 25.2 Å². The summed E-state index contributed by atoms with van der Waals surface area (Å²) >= 11 is 0. The number of unbranched alkanes of at least 4 members (excludes halogenated alkanes) is 1. The summed E-state index contributed by atoms with van der Waals surface area (Å²) in [5, 5.41) is 8.73. The van der Waals surface area contributed by atoms with E-state index in [0.717, 1.165) is 24.1 Å². The monoisotopic (exact) mass is 499 g/mol. The number of sulfonamides is 1. The molecule has 2 unspecified atom stereocenters. The summed E-state index contributed by atoms with van der Waals surface area (Å²) in [4.78, 5) is 10.6. The Bertz CT molecular complexity index is 1070. The van der Waals surface area contributed by atoms with E-state index in [2.05, 4.69) is 18.6 Å². The van der Waals surface area contributed by atoms with E-state index in [1.165, 1.54) is 12.1 Å². The van der Waals surface area contributed by atoms with Crippen molar-refractivity contribution in [2.75, 3.05) is 5.75 Å². The van der Waals surface area contributed by atoms with Crippen LogP contribution in [0.2, 0.25) is 0 Å². The van der Waals surface area contributed by atoms with Crippen molar-refractivity contribution in [3.05, 3.63) is 58.8 Å². The van der Waals surface area contributed by atoms with Crippen LogP contribution < -0.4 is 4.72 Å². The fraction of sp³-hybridized carbons (Fsp3) is 0.560. The smallest absolute Gasteiger partial charge is 0.416 e. The van der Waals surface area contributed by atoms with Crippen LogP contribution in [0, 0.1) is 17.3 Å². The molecule has 34 heavy (non-hydrogen) atoms. The van der Waals surface area contributed by atoms with Gasteiger partial charge in [0.25, 0.3) is 0 Å². The Balaban J connectivity index is 1.68. The first-order chi connectivity index (χ1) is 15.8. The second-order valence-electron chi connectivity index (χ2n) is 9.85. The average molecular weight is 500 g/mol. The largest absolute Gasteiger partial charge is 0.481 e. The number of carboxylic acid groups (broad SMARTS) is 1. The van der Waals surface area contributed by atoms with Crippen molar-refractivity contribution in [2.24, 2.45) is 17.3 Å². The molecule has 0 aliphatic heterocycles. The summed E-state index contributed by atoms with van der Waals surface area (Å²) in [6, 6.07) is 4.76. The van der Waals surface area contributed by atoms with Crippen molar-refractivity contribution >= 4 is 16.0 Å². The summed E-state index contributed by atoms with van der Waals surface area (Å²) in [5.74, 6) is -0.458. The lowest BCUT2D eigenvalue weighted by Gasteiger charge is -2.58. The molecule has 1 aromatic rings. The van der Waals surface area contributed by atoms with E-state index in [4.69, 9.17) is 5.11 Å².